The molecule has 2 fully saturated rings. The summed E-state index contributed by atoms with van der Waals surface area (Å²) < 4.78 is 1.70. The molecule has 25 heavy (non-hydrogen) atoms. The number of hydrogen-bond donors (Lipinski definition) is 0. The second kappa shape index (κ2) is 5.04. The average Bonchev–Trinajstić information content (AvgIpc) is 3.35. The van der Waals surface area contributed by atoms with Crippen molar-refractivity contribution in [1.82, 2.24) is 19.9 Å². The third kappa shape index (κ3) is 2.04. The summed E-state index contributed by atoms with van der Waals surface area (Å²) >= 11 is 0. The number of amides is 1. The summed E-state index contributed by atoms with van der Waals surface area (Å²) in [6, 6.07) is 7.98. The molecule has 3 aliphatic rings. The number of fused-ring (bicyclic) bond motifs is 5. The zero-order valence-corrected chi connectivity index (χ0v) is 14.6. The molecule has 5 heteroatoms. The number of likely N-dealkylation sites (tertiary alicyclic amines) is 1. The van der Waals surface area contributed by atoms with Gasteiger partial charge in [0, 0.05) is 13.1 Å². The predicted octanol–water partition coefficient (Wildman–Crippen LogP) is 2.86. The number of rotatable bonds is 2. The van der Waals surface area contributed by atoms with Crippen LogP contribution in [0.4, 0.5) is 0 Å². The molecule has 2 bridgehead atoms. The lowest BCUT2D eigenvalue weighted by molar-refractivity contribution is 0.0759. The van der Waals surface area contributed by atoms with Crippen molar-refractivity contribution in [2.75, 3.05) is 13.1 Å². The quantitative estimate of drug-likeness (QED) is 0.794. The molecule has 0 radical (unpaired) electrons. The highest BCUT2D eigenvalue weighted by Gasteiger charge is 2.58. The van der Waals surface area contributed by atoms with Crippen molar-refractivity contribution in [2.45, 2.75) is 20.3 Å². The largest absolute Gasteiger partial charge is 0.336 e. The molecular weight excluding hydrogens is 312 g/mol. The summed E-state index contributed by atoms with van der Waals surface area (Å²) in [6.45, 7) is 6.06. The van der Waals surface area contributed by atoms with Gasteiger partial charge in [0.05, 0.1) is 11.9 Å². The Bertz CT molecular complexity index is 885. The van der Waals surface area contributed by atoms with Gasteiger partial charge in [0.25, 0.3) is 5.91 Å². The van der Waals surface area contributed by atoms with Gasteiger partial charge in [0.15, 0.2) is 5.69 Å². The van der Waals surface area contributed by atoms with Crippen LogP contribution in [-0.4, -0.2) is 38.9 Å². The average molecular weight is 334 g/mol. The van der Waals surface area contributed by atoms with Gasteiger partial charge in [-0.15, -0.1) is 5.10 Å². The van der Waals surface area contributed by atoms with Gasteiger partial charge in [0.1, 0.15) is 0 Å². The standard InChI is InChI=1S/C20H22N4O/c1-13-5-3-4-6-18(13)24-11-17(21-22-24)19(25)23-10-16-14-7-8-15(9-14)20(16,2)12-23/h3-8,11,14-16H,9-10,12H2,1-2H3/t14-,15+,16?,20+/m1/s1. The highest BCUT2D eigenvalue weighted by atomic mass is 16.2. The minimum absolute atomic E-state index is 0.00913. The van der Waals surface area contributed by atoms with Crippen LogP contribution in [0.3, 0.4) is 0 Å². The second-order valence-electron chi connectivity index (χ2n) is 8.02. The molecule has 1 saturated carbocycles. The minimum atomic E-state index is 0.00913. The molecular formula is C20H22N4O. The van der Waals surface area contributed by atoms with Crippen LogP contribution in [0, 0.1) is 30.1 Å². The zero-order valence-electron chi connectivity index (χ0n) is 14.6. The first-order valence-electron chi connectivity index (χ1n) is 9.02. The maximum atomic E-state index is 13.0. The molecule has 5 nitrogen and oxygen atoms in total. The first-order chi connectivity index (χ1) is 12.1. The molecule has 2 heterocycles. The van der Waals surface area contributed by atoms with E-state index < -0.39 is 0 Å². The Kier molecular flexibility index (Phi) is 3.00. The topological polar surface area (TPSA) is 51.0 Å². The minimum Gasteiger partial charge on any atom is -0.336 e. The molecule has 1 aromatic carbocycles. The van der Waals surface area contributed by atoms with Crippen molar-refractivity contribution in [3.8, 4) is 5.69 Å². The molecule has 1 aromatic heterocycles. The normalized spacial score (nSPS) is 32.4. The summed E-state index contributed by atoms with van der Waals surface area (Å²) in [5, 5.41) is 8.33. The number of aryl methyl sites for hydroxylation is 1. The van der Waals surface area contributed by atoms with Gasteiger partial charge in [-0.3, -0.25) is 4.79 Å². The fraction of sp³-hybridized carbons (Fsp3) is 0.450. The number of aromatic nitrogens is 3. The van der Waals surface area contributed by atoms with Gasteiger partial charge in [0.2, 0.25) is 0 Å². The van der Waals surface area contributed by atoms with Crippen LogP contribution < -0.4 is 0 Å². The van der Waals surface area contributed by atoms with Crippen molar-refractivity contribution >= 4 is 5.91 Å². The molecule has 2 aliphatic carbocycles. The van der Waals surface area contributed by atoms with Gasteiger partial charge in [-0.05, 0) is 48.1 Å². The maximum Gasteiger partial charge on any atom is 0.276 e. The highest BCUT2D eigenvalue weighted by Crippen LogP contribution is 2.59. The van der Waals surface area contributed by atoms with E-state index in [1.54, 1.807) is 10.9 Å². The van der Waals surface area contributed by atoms with E-state index in [1.807, 2.05) is 36.1 Å². The van der Waals surface area contributed by atoms with E-state index >= 15 is 0 Å². The monoisotopic (exact) mass is 334 g/mol. The van der Waals surface area contributed by atoms with Gasteiger partial charge < -0.3 is 4.90 Å². The van der Waals surface area contributed by atoms with Crippen LogP contribution in [0.1, 0.15) is 29.4 Å². The van der Waals surface area contributed by atoms with Crippen LogP contribution in [-0.2, 0) is 0 Å². The fourth-order valence-corrected chi connectivity index (χ4v) is 5.19. The molecule has 1 unspecified atom stereocenters. The first-order valence-corrected chi connectivity index (χ1v) is 9.02. The predicted molar refractivity (Wildman–Crippen MR) is 94.3 cm³/mol. The molecule has 0 N–H and O–H groups in total. The van der Waals surface area contributed by atoms with Crippen LogP contribution in [0.25, 0.3) is 5.69 Å². The summed E-state index contributed by atoms with van der Waals surface area (Å²) in [4.78, 5) is 15.0. The third-order valence-corrected chi connectivity index (χ3v) is 6.64. The van der Waals surface area contributed by atoms with Crippen molar-refractivity contribution in [3.05, 3.63) is 53.9 Å². The lowest BCUT2D eigenvalue weighted by Crippen LogP contribution is -2.33. The van der Waals surface area contributed by atoms with E-state index in [1.165, 1.54) is 6.42 Å². The first kappa shape index (κ1) is 14.9. The van der Waals surface area contributed by atoms with Gasteiger partial charge >= 0.3 is 0 Å². The highest BCUT2D eigenvalue weighted by molar-refractivity contribution is 5.92. The van der Waals surface area contributed by atoms with Crippen LogP contribution >= 0.6 is 0 Å². The van der Waals surface area contributed by atoms with E-state index in [0.717, 1.165) is 24.3 Å². The Morgan fingerprint density at radius 2 is 2.12 bits per heavy atom. The molecule has 1 saturated heterocycles. The third-order valence-electron chi connectivity index (χ3n) is 6.64. The SMILES string of the molecule is Cc1ccccc1-n1cc(C(=O)N2CC3[C@@H]4C=C[C@@H](C4)[C@]3(C)C2)nn1. The van der Waals surface area contributed by atoms with E-state index in [-0.39, 0.29) is 11.3 Å². The van der Waals surface area contributed by atoms with Gasteiger partial charge in [-0.25, -0.2) is 4.68 Å². The molecule has 4 atom stereocenters. The molecule has 128 valence electrons. The second-order valence-corrected chi connectivity index (χ2v) is 8.02. The molecule has 1 amide bonds. The summed E-state index contributed by atoms with van der Waals surface area (Å²) in [7, 11) is 0. The van der Waals surface area contributed by atoms with E-state index in [2.05, 4.69) is 29.4 Å². The lowest BCUT2D eigenvalue weighted by atomic mass is 9.72. The van der Waals surface area contributed by atoms with E-state index in [9.17, 15) is 4.79 Å². The van der Waals surface area contributed by atoms with E-state index in [0.29, 0.717) is 23.4 Å². The molecule has 1 aliphatic heterocycles. The maximum absolute atomic E-state index is 13.0. The van der Waals surface area contributed by atoms with Crippen molar-refractivity contribution in [1.29, 1.82) is 0 Å². The van der Waals surface area contributed by atoms with E-state index in [4.69, 9.17) is 0 Å². The Balaban J connectivity index is 1.39. The van der Waals surface area contributed by atoms with Crippen molar-refractivity contribution < 1.29 is 4.79 Å². The number of carbonyl (C=O) groups excluding carboxylic acids is 1. The fourth-order valence-electron chi connectivity index (χ4n) is 5.19. The summed E-state index contributed by atoms with van der Waals surface area (Å²) in [5.41, 5.74) is 2.74. The summed E-state index contributed by atoms with van der Waals surface area (Å²) in [6.07, 6.45) is 7.75. The van der Waals surface area contributed by atoms with Gasteiger partial charge in [-0.2, -0.15) is 0 Å². The summed E-state index contributed by atoms with van der Waals surface area (Å²) in [5.74, 6) is 1.88. The Morgan fingerprint density at radius 1 is 1.28 bits per heavy atom. The number of para-hydroxylation sites is 1. The number of allylic oxidation sites excluding steroid dienone is 2. The number of hydrogen-bond acceptors (Lipinski definition) is 3. The molecule has 0 spiro atoms. The van der Waals surface area contributed by atoms with Crippen LogP contribution in [0.2, 0.25) is 0 Å². The smallest absolute Gasteiger partial charge is 0.276 e. The van der Waals surface area contributed by atoms with Gasteiger partial charge in [-0.1, -0.05) is 42.5 Å². The lowest BCUT2D eigenvalue weighted by Gasteiger charge is -2.31. The van der Waals surface area contributed by atoms with Crippen molar-refractivity contribution in [3.63, 3.8) is 0 Å². The number of benzene rings is 1. The Labute approximate surface area is 147 Å². The Morgan fingerprint density at radius 3 is 2.92 bits per heavy atom. The Hall–Kier alpha value is -2.43. The zero-order chi connectivity index (χ0) is 17.2. The molecule has 2 aromatic rings. The molecule has 5 rings (SSSR count). The van der Waals surface area contributed by atoms with Crippen LogP contribution in [0.15, 0.2) is 42.6 Å². The number of carbonyl (C=O) groups is 1. The van der Waals surface area contributed by atoms with Crippen molar-refractivity contribution in [2.24, 2.45) is 23.2 Å². The number of nitrogens with zero attached hydrogens (tertiary/aromatic N) is 4. The van der Waals surface area contributed by atoms with Crippen LogP contribution in [0.5, 0.6) is 0 Å².